The number of hydrogen-bond acceptors (Lipinski definition) is 6. The minimum atomic E-state index is -2.97. The standard InChI is InChI=1S/C32H49F2N3O5Si2/c1-22(2)17-25-29-26(19-35-37(31(29)38)21-40-14-16-44(6,7)8)36(20-39-13-15-43(3,4)5)30(25)23-9-12-27(42-32(33)34)28(18-23)41-24-10-11-24/h9,12,18-19,22,24,32H,10-11,13-17,20-21H2,1-8H3. The Kier molecular flexibility index (Phi) is 11.1. The first-order valence-electron chi connectivity index (χ1n) is 15.7. The van der Waals surface area contributed by atoms with Crippen LogP contribution in [0.3, 0.4) is 0 Å². The molecule has 0 bridgehead atoms. The average Bonchev–Trinajstić information content (AvgIpc) is 3.66. The highest BCUT2D eigenvalue weighted by atomic mass is 28.3. The third-order valence-electron chi connectivity index (χ3n) is 7.46. The number of halogens is 2. The Morgan fingerprint density at radius 3 is 2.16 bits per heavy atom. The lowest BCUT2D eigenvalue weighted by Crippen LogP contribution is -2.26. The van der Waals surface area contributed by atoms with Crippen molar-refractivity contribution in [1.29, 1.82) is 0 Å². The SMILES string of the molecule is CC(C)Cc1c(-c2ccc(OC(F)F)c(OC3CC3)c2)n(COCC[Si](C)(C)C)c2cnn(COCC[Si](C)(C)C)c(=O)c12. The van der Waals surface area contributed by atoms with E-state index in [1.807, 2.05) is 4.57 Å². The van der Waals surface area contributed by atoms with E-state index < -0.39 is 22.8 Å². The van der Waals surface area contributed by atoms with Gasteiger partial charge in [-0.15, -0.1) is 0 Å². The van der Waals surface area contributed by atoms with Gasteiger partial charge in [-0.05, 0) is 61.0 Å². The van der Waals surface area contributed by atoms with Crippen LogP contribution in [0.2, 0.25) is 51.4 Å². The third-order valence-corrected chi connectivity index (χ3v) is 10.9. The van der Waals surface area contributed by atoms with E-state index in [1.165, 1.54) is 10.7 Å². The maximum atomic E-state index is 14.0. The molecule has 0 radical (unpaired) electrons. The van der Waals surface area contributed by atoms with E-state index in [0.717, 1.165) is 41.8 Å². The van der Waals surface area contributed by atoms with Crippen LogP contribution < -0.4 is 15.0 Å². The Balaban J connectivity index is 1.83. The molecule has 8 nitrogen and oxygen atoms in total. The van der Waals surface area contributed by atoms with Gasteiger partial charge in [-0.1, -0.05) is 53.1 Å². The summed E-state index contributed by atoms with van der Waals surface area (Å²) in [6.45, 7) is 16.5. The van der Waals surface area contributed by atoms with Gasteiger partial charge >= 0.3 is 6.61 Å². The topological polar surface area (TPSA) is 76.7 Å². The van der Waals surface area contributed by atoms with Gasteiger partial charge in [-0.3, -0.25) is 4.79 Å². The van der Waals surface area contributed by atoms with Crippen LogP contribution in [0.15, 0.2) is 29.2 Å². The molecule has 1 saturated carbocycles. The van der Waals surface area contributed by atoms with Crippen LogP contribution in [0.25, 0.3) is 22.2 Å². The Labute approximate surface area is 261 Å². The molecule has 0 aliphatic heterocycles. The number of hydrogen-bond donors (Lipinski definition) is 0. The summed E-state index contributed by atoms with van der Waals surface area (Å²) in [6.07, 6.45) is 4.05. The fourth-order valence-corrected chi connectivity index (χ4v) is 6.42. The molecule has 2 heterocycles. The molecule has 1 aromatic carbocycles. The molecule has 12 heteroatoms. The molecule has 0 spiro atoms. The van der Waals surface area contributed by atoms with Crippen molar-refractivity contribution >= 4 is 27.1 Å². The van der Waals surface area contributed by atoms with Crippen molar-refractivity contribution in [3.8, 4) is 22.8 Å². The third kappa shape index (κ3) is 9.48. The Morgan fingerprint density at radius 1 is 0.955 bits per heavy atom. The van der Waals surface area contributed by atoms with Crippen molar-refractivity contribution in [1.82, 2.24) is 14.3 Å². The summed E-state index contributed by atoms with van der Waals surface area (Å²) in [4.78, 5) is 14.0. The fraction of sp³-hybridized carbons (Fsp3) is 0.625. The lowest BCUT2D eigenvalue weighted by molar-refractivity contribution is -0.0516. The monoisotopic (exact) mass is 649 g/mol. The predicted molar refractivity (Wildman–Crippen MR) is 176 cm³/mol. The Bertz CT molecular complexity index is 1470. The van der Waals surface area contributed by atoms with E-state index in [9.17, 15) is 13.6 Å². The van der Waals surface area contributed by atoms with Gasteiger partial charge in [0.1, 0.15) is 13.5 Å². The second-order valence-corrected chi connectivity index (χ2v) is 25.9. The van der Waals surface area contributed by atoms with E-state index >= 15 is 0 Å². The first-order chi connectivity index (χ1) is 20.6. The fourth-order valence-electron chi connectivity index (χ4n) is 4.90. The molecule has 0 atom stereocenters. The maximum Gasteiger partial charge on any atom is 0.387 e. The van der Waals surface area contributed by atoms with Gasteiger partial charge in [0.2, 0.25) is 0 Å². The summed E-state index contributed by atoms with van der Waals surface area (Å²) >= 11 is 0. The number of aromatic nitrogens is 3. The zero-order valence-corrected chi connectivity index (χ0v) is 29.5. The minimum Gasteiger partial charge on any atom is -0.487 e. The van der Waals surface area contributed by atoms with Crippen LogP contribution in [0.4, 0.5) is 8.78 Å². The van der Waals surface area contributed by atoms with Gasteiger partial charge in [0.05, 0.1) is 28.9 Å². The Hall–Kier alpha value is -2.55. The summed E-state index contributed by atoms with van der Waals surface area (Å²) in [6, 6.07) is 7.01. The Morgan fingerprint density at radius 2 is 1.59 bits per heavy atom. The second-order valence-electron chi connectivity index (χ2n) is 14.6. The van der Waals surface area contributed by atoms with E-state index in [2.05, 4.69) is 58.2 Å². The number of alkyl halides is 2. The quantitative estimate of drug-likeness (QED) is 0.110. The number of benzene rings is 1. The van der Waals surface area contributed by atoms with Crippen LogP contribution >= 0.6 is 0 Å². The van der Waals surface area contributed by atoms with Crippen molar-refractivity contribution in [3.05, 3.63) is 40.3 Å². The summed E-state index contributed by atoms with van der Waals surface area (Å²) < 4.78 is 52.8. The van der Waals surface area contributed by atoms with Gasteiger partial charge in [0, 0.05) is 34.9 Å². The highest BCUT2D eigenvalue weighted by Gasteiger charge is 2.28. The molecule has 1 fully saturated rings. The molecule has 3 aromatic rings. The molecule has 0 N–H and O–H groups in total. The highest BCUT2D eigenvalue weighted by Crippen LogP contribution is 2.41. The minimum absolute atomic E-state index is 0.00500. The van der Waals surface area contributed by atoms with Gasteiger partial charge in [0.15, 0.2) is 11.5 Å². The molecule has 1 aliphatic rings. The molecular formula is C32H49F2N3O5Si2. The zero-order chi connectivity index (χ0) is 32.2. The highest BCUT2D eigenvalue weighted by molar-refractivity contribution is 6.76. The van der Waals surface area contributed by atoms with Crippen molar-refractivity contribution in [2.45, 2.75) is 111 Å². The molecule has 0 amide bonds. The predicted octanol–water partition coefficient (Wildman–Crippen LogP) is 7.83. The number of ether oxygens (including phenoxy) is 4. The lowest BCUT2D eigenvalue weighted by Gasteiger charge is -2.18. The summed E-state index contributed by atoms with van der Waals surface area (Å²) in [7, 11) is -2.61. The molecule has 44 heavy (non-hydrogen) atoms. The molecular weight excluding hydrogens is 601 g/mol. The first kappa shape index (κ1) is 34.3. The van der Waals surface area contributed by atoms with E-state index in [4.69, 9.17) is 18.9 Å². The van der Waals surface area contributed by atoms with E-state index in [-0.39, 0.29) is 42.5 Å². The van der Waals surface area contributed by atoms with Gasteiger partial charge in [-0.25, -0.2) is 4.68 Å². The van der Waals surface area contributed by atoms with Crippen LogP contribution in [-0.2, 0) is 29.4 Å². The zero-order valence-electron chi connectivity index (χ0n) is 27.5. The number of fused-ring (bicyclic) bond motifs is 1. The largest absolute Gasteiger partial charge is 0.487 e. The molecule has 2 aromatic heterocycles. The maximum absolute atomic E-state index is 14.0. The second kappa shape index (κ2) is 14.3. The van der Waals surface area contributed by atoms with Crippen LogP contribution in [-0.4, -0.2) is 56.4 Å². The van der Waals surface area contributed by atoms with Gasteiger partial charge in [0.25, 0.3) is 5.56 Å². The summed E-state index contributed by atoms with van der Waals surface area (Å²) in [5.41, 5.74) is 2.85. The van der Waals surface area contributed by atoms with Crippen LogP contribution in [0.5, 0.6) is 11.5 Å². The average molecular weight is 650 g/mol. The summed E-state index contributed by atoms with van der Waals surface area (Å²) in [5.74, 6) is 0.497. The van der Waals surface area contributed by atoms with E-state index in [1.54, 1.807) is 18.3 Å². The molecule has 244 valence electrons. The smallest absolute Gasteiger partial charge is 0.387 e. The van der Waals surface area contributed by atoms with Crippen molar-refractivity contribution in [2.24, 2.45) is 5.92 Å². The summed E-state index contributed by atoms with van der Waals surface area (Å²) in [5, 5.41) is 5.07. The van der Waals surface area contributed by atoms with Crippen LogP contribution in [0, 0.1) is 5.92 Å². The molecule has 1 aliphatic carbocycles. The van der Waals surface area contributed by atoms with E-state index in [0.29, 0.717) is 30.5 Å². The first-order valence-corrected chi connectivity index (χ1v) is 23.1. The van der Waals surface area contributed by atoms with Gasteiger partial charge < -0.3 is 23.5 Å². The van der Waals surface area contributed by atoms with Crippen molar-refractivity contribution in [2.75, 3.05) is 13.2 Å². The molecule has 0 unspecified atom stereocenters. The van der Waals surface area contributed by atoms with Gasteiger partial charge in [-0.2, -0.15) is 13.9 Å². The normalized spacial score (nSPS) is 14.3. The number of rotatable bonds is 17. The number of nitrogens with zero attached hydrogens (tertiary/aromatic N) is 3. The lowest BCUT2D eigenvalue weighted by atomic mass is 9.97. The van der Waals surface area contributed by atoms with Crippen molar-refractivity contribution in [3.63, 3.8) is 0 Å². The van der Waals surface area contributed by atoms with Crippen LogP contribution in [0.1, 0.15) is 32.3 Å². The molecule has 4 rings (SSSR count). The molecule has 0 saturated heterocycles. The van der Waals surface area contributed by atoms with Crippen molar-refractivity contribution < 1.29 is 27.7 Å².